The van der Waals surface area contributed by atoms with E-state index in [0.29, 0.717) is 10.9 Å². The molecule has 0 aliphatic heterocycles. The second-order valence-electron chi connectivity index (χ2n) is 4.47. The molecule has 3 aromatic rings. The van der Waals surface area contributed by atoms with Crippen molar-refractivity contribution in [2.45, 2.75) is 0 Å². The number of hydrogen-bond donors (Lipinski definition) is 0. The number of halogens is 1. The SMILES string of the molecule is Cn1c(-c2ccccc2)c(C=O)c2cc(F)ccc21. The van der Waals surface area contributed by atoms with Gasteiger partial charge in [-0.15, -0.1) is 0 Å². The van der Waals surface area contributed by atoms with Crippen LogP contribution in [0.1, 0.15) is 10.4 Å². The van der Waals surface area contributed by atoms with E-state index in [1.165, 1.54) is 12.1 Å². The third kappa shape index (κ3) is 1.74. The molecule has 0 N–H and O–H groups in total. The Bertz CT molecular complexity index is 759. The fourth-order valence-electron chi connectivity index (χ4n) is 2.51. The van der Waals surface area contributed by atoms with Crippen molar-refractivity contribution < 1.29 is 9.18 Å². The van der Waals surface area contributed by atoms with Gasteiger partial charge in [0.15, 0.2) is 6.29 Å². The number of aromatic nitrogens is 1. The van der Waals surface area contributed by atoms with Gasteiger partial charge in [-0.05, 0) is 23.8 Å². The van der Waals surface area contributed by atoms with Crippen LogP contribution in [-0.4, -0.2) is 10.9 Å². The summed E-state index contributed by atoms with van der Waals surface area (Å²) < 4.78 is 15.3. The lowest BCUT2D eigenvalue weighted by Gasteiger charge is -2.05. The Labute approximate surface area is 110 Å². The van der Waals surface area contributed by atoms with Gasteiger partial charge in [-0.2, -0.15) is 0 Å². The highest BCUT2D eigenvalue weighted by atomic mass is 19.1. The first-order valence-corrected chi connectivity index (χ1v) is 6.01. The van der Waals surface area contributed by atoms with Crippen molar-refractivity contribution >= 4 is 17.2 Å². The topological polar surface area (TPSA) is 22.0 Å². The number of carbonyl (C=O) groups excluding carboxylic acids is 1. The molecule has 0 fully saturated rings. The summed E-state index contributed by atoms with van der Waals surface area (Å²) in [6.45, 7) is 0. The van der Waals surface area contributed by atoms with Gasteiger partial charge in [-0.3, -0.25) is 4.79 Å². The fourth-order valence-corrected chi connectivity index (χ4v) is 2.51. The zero-order valence-electron chi connectivity index (χ0n) is 10.4. The Hall–Kier alpha value is -2.42. The van der Waals surface area contributed by atoms with Gasteiger partial charge in [-0.25, -0.2) is 4.39 Å². The highest BCUT2D eigenvalue weighted by molar-refractivity contribution is 6.04. The summed E-state index contributed by atoms with van der Waals surface area (Å²) in [4.78, 5) is 11.4. The van der Waals surface area contributed by atoms with E-state index in [2.05, 4.69) is 0 Å². The first kappa shape index (κ1) is 11.7. The van der Waals surface area contributed by atoms with Crippen molar-refractivity contribution in [2.75, 3.05) is 0 Å². The molecule has 2 nitrogen and oxygen atoms in total. The Morgan fingerprint density at radius 2 is 1.84 bits per heavy atom. The van der Waals surface area contributed by atoms with Gasteiger partial charge in [0.1, 0.15) is 5.82 Å². The highest BCUT2D eigenvalue weighted by Crippen LogP contribution is 2.32. The Morgan fingerprint density at radius 3 is 2.53 bits per heavy atom. The largest absolute Gasteiger partial charge is 0.343 e. The molecule has 0 aliphatic carbocycles. The van der Waals surface area contributed by atoms with E-state index in [4.69, 9.17) is 0 Å². The summed E-state index contributed by atoms with van der Waals surface area (Å²) in [7, 11) is 1.88. The molecular weight excluding hydrogens is 241 g/mol. The third-order valence-electron chi connectivity index (χ3n) is 3.37. The van der Waals surface area contributed by atoms with E-state index in [0.717, 1.165) is 23.1 Å². The highest BCUT2D eigenvalue weighted by Gasteiger charge is 2.16. The van der Waals surface area contributed by atoms with Gasteiger partial charge in [0.2, 0.25) is 0 Å². The maximum atomic E-state index is 13.4. The summed E-state index contributed by atoms with van der Waals surface area (Å²) in [5, 5.41) is 0.649. The summed E-state index contributed by atoms with van der Waals surface area (Å²) in [6, 6.07) is 14.2. The second kappa shape index (κ2) is 4.35. The maximum absolute atomic E-state index is 13.4. The van der Waals surface area contributed by atoms with Crippen LogP contribution in [-0.2, 0) is 7.05 Å². The quantitative estimate of drug-likeness (QED) is 0.637. The van der Waals surface area contributed by atoms with Crippen LogP contribution in [0.15, 0.2) is 48.5 Å². The number of benzene rings is 2. The molecule has 1 aromatic heterocycles. The Morgan fingerprint density at radius 1 is 1.11 bits per heavy atom. The lowest BCUT2D eigenvalue weighted by molar-refractivity contribution is 0.112. The number of fused-ring (bicyclic) bond motifs is 1. The van der Waals surface area contributed by atoms with Crippen LogP contribution in [0.4, 0.5) is 4.39 Å². The van der Waals surface area contributed by atoms with Gasteiger partial charge in [0.05, 0.1) is 5.69 Å². The molecular formula is C16H12FNO. The molecule has 0 bridgehead atoms. The summed E-state index contributed by atoms with van der Waals surface area (Å²) in [6.07, 6.45) is 0.796. The molecule has 1 heterocycles. The van der Waals surface area contributed by atoms with Crippen LogP contribution in [0, 0.1) is 5.82 Å². The number of hydrogen-bond acceptors (Lipinski definition) is 1. The first-order chi connectivity index (χ1) is 9.22. The predicted octanol–water partition coefficient (Wildman–Crippen LogP) is 3.80. The minimum Gasteiger partial charge on any atom is -0.343 e. The smallest absolute Gasteiger partial charge is 0.152 e. The van der Waals surface area contributed by atoms with Crippen molar-refractivity contribution in [1.82, 2.24) is 4.57 Å². The molecule has 0 atom stereocenters. The van der Waals surface area contributed by atoms with Crippen LogP contribution in [0.3, 0.4) is 0 Å². The van der Waals surface area contributed by atoms with Crippen molar-refractivity contribution in [3.63, 3.8) is 0 Å². The number of carbonyl (C=O) groups is 1. The number of aryl methyl sites for hydroxylation is 1. The zero-order valence-corrected chi connectivity index (χ0v) is 10.4. The number of aldehydes is 1. The molecule has 0 amide bonds. The Balaban J connectivity index is 2.42. The van der Waals surface area contributed by atoms with Gasteiger partial charge >= 0.3 is 0 Å². The van der Waals surface area contributed by atoms with E-state index in [1.54, 1.807) is 6.07 Å². The second-order valence-corrected chi connectivity index (χ2v) is 4.47. The van der Waals surface area contributed by atoms with Crippen LogP contribution >= 0.6 is 0 Å². The lowest BCUT2D eigenvalue weighted by atomic mass is 10.1. The van der Waals surface area contributed by atoms with Crippen LogP contribution in [0.5, 0.6) is 0 Å². The van der Waals surface area contributed by atoms with E-state index in [9.17, 15) is 9.18 Å². The van der Waals surface area contributed by atoms with Gasteiger partial charge in [0.25, 0.3) is 0 Å². The minimum atomic E-state index is -0.333. The van der Waals surface area contributed by atoms with Gasteiger partial charge in [-0.1, -0.05) is 30.3 Å². The van der Waals surface area contributed by atoms with Gasteiger partial charge in [0, 0.05) is 23.5 Å². The monoisotopic (exact) mass is 253 g/mol. The molecule has 0 unspecified atom stereocenters. The molecule has 0 saturated heterocycles. The van der Waals surface area contributed by atoms with Crippen molar-refractivity contribution in [3.05, 3.63) is 59.9 Å². The average molecular weight is 253 g/mol. The lowest BCUT2D eigenvalue weighted by Crippen LogP contribution is -1.93. The van der Waals surface area contributed by atoms with Crippen LogP contribution in [0.25, 0.3) is 22.2 Å². The van der Waals surface area contributed by atoms with E-state index in [-0.39, 0.29) is 5.82 Å². The number of rotatable bonds is 2. The Kier molecular flexibility index (Phi) is 2.67. The van der Waals surface area contributed by atoms with Crippen molar-refractivity contribution in [3.8, 4) is 11.3 Å². The van der Waals surface area contributed by atoms with E-state index < -0.39 is 0 Å². The molecule has 0 spiro atoms. The number of nitrogens with zero attached hydrogens (tertiary/aromatic N) is 1. The van der Waals surface area contributed by atoms with Crippen LogP contribution < -0.4 is 0 Å². The fraction of sp³-hybridized carbons (Fsp3) is 0.0625. The minimum absolute atomic E-state index is 0.333. The first-order valence-electron chi connectivity index (χ1n) is 6.01. The molecule has 0 radical (unpaired) electrons. The van der Waals surface area contributed by atoms with Gasteiger partial charge < -0.3 is 4.57 Å². The molecule has 2 aromatic carbocycles. The summed E-state index contributed by atoms with van der Waals surface area (Å²) in [5.41, 5.74) is 3.14. The molecule has 0 saturated carbocycles. The zero-order chi connectivity index (χ0) is 13.4. The molecule has 3 heteroatoms. The van der Waals surface area contributed by atoms with Crippen molar-refractivity contribution in [1.29, 1.82) is 0 Å². The third-order valence-corrected chi connectivity index (χ3v) is 3.37. The maximum Gasteiger partial charge on any atom is 0.152 e. The molecule has 94 valence electrons. The molecule has 0 aliphatic rings. The molecule has 3 rings (SSSR count). The normalized spacial score (nSPS) is 10.8. The average Bonchev–Trinajstić information content (AvgIpc) is 2.71. The molecule has 19 heavy (non-hydrogen) atoms. The standard InChI is InChI=1S/C16H12FNO/c1-18-15-8-7-12(17)9-13(15)14(10-19)16(18)11-5-3-2-4-6-11/h2-10H,1H3. The predicted molar refractivity (Wildman–Crippen MR) is 73.7 cm³/mol. The summed E-state index contributed by atoms with van der Waals surface area (Å²) in [5.74, 6) is -0.333. The summed E-state index contributed by atoms with van der Waals surface area (Å²) >= 11 is 0. The van der Waals surface area contributed by atoms with E-state index >= 15 is 0 Å². The van der Waals surface area contributed by atoms with Crippen molar-refractivity contribution in [2.24, 2.45) is 7.05 Å². The van der Waals surface area contributed by atoms with Crippen LogP contribution in [0.2, 0.25) is 0 Å². The van der Waals surface area contributed by atoms with E-state index in [1.807, 2.05) is 41.9 Å².